The number of fused-ring (bicyclic) bond motifs is 1. The van der Waals surface area contributed by atoms with Crippen LogP contribution >= 0.6 is 0 Å². The predicted molar refractivity (Wildman–Crippen MR) is 152 cm³/mol. The maximum atomic E-state index is 12.1. The third kappa shape index (κ3) is 5.85. The Hall–Kier alpha value is -3.05. The zero-order valence-electron chi connectivity index (χ0n) is 23.7. The Balaban J connectivity index is 1.62. The normalized spacial score (nSPS) is 24.6. The number of hydrogen-bond donors (Lipinski definition) is 5. The van der Waals surface area contributed by atoms with Crippen molar-refractivity contribution in [2.24, 2.45) is 23.7 Å². The quantitative estimate of drug-likeness (QED) is 0.171. The molecule has 0 bridgehead atoms. The first kappa shape index (κ1) is 28.5. The van der Waals surface area contributed by atoms with E-state index in [0.29, 0.717) is 60.3 Å². The standard InChI is InChI=1S/C29H43N7O4/c1-4-18-8-10-19(11-9-18)16-36-22-24(31-17(2)20-6-5-7-20)33-26(23(30)32-28(37)38)34-25(22)35-27(36)29(3,39)21-12-14-40-15-13-21/h4,17-21,39H,1,5-16H2,2-3H3,(H2,30,32)(H,37,38)(H,31,33,34)/t17-,18-,19-,29?/m1/s1. The molecule has 11 nitrogen and oxygen atoms in total. The lowest BCUT2D eigenvalue weighted by molar-refractivity contribution is -0.0654. The highest BCUT2D eigenvalue weighted by Crippen LogP contribution is 2.40. The van der Waals surface area contributed by atoms with Crippen LogP contribution in [0.5, 0.6) is 0 Å². The molecule has 5 rings (SSSR count). The minimum absolute atomic E-state index is 0.0296. The van der Waals surface area contributed by atoms with Crippen molar-refractivity contribution in [3.63, 3.8) is 0 Å². The molecular formula is C29H43N7O4. The van der Waals surface area contributed by atoms with Crippen LogP contribution in [-0.2, 0) is 16.9 Å². The smallest absolute Gasteiger partial charge is 0.410 e. The van der Waals surface area contributed by atoms with E-state index < -0.39 is 17.5 Å². The van der Waals surface area contributed by atoms with Gasteiger partial charge in [-0.05, 0) is 88.9 Å². The predicted octanol–water partition coefficient (Wildman–Crippen LogP) is 4.65. The number of rotatable bonds is 9. The van der Waals surface area contributed by atoms with Gasteiger partial charge in [0.1, 0.15) is 16.9 Å². The molecule has 2 aromatic heterocycles. The van der Waals surface area contributed by atoms with Crippen LogP contribution < -0.4 is 10.6 Å². The van der Waals surface area contributed by atoms with E-state index in [-0.39, 0.29) is 17.8 Å². The van der Waals surface area contributed by atoms with Crippen molar-refractivity contribution in [3.8, 4) is 0 Å². The number of anilines is 1. The van der Waals surface area contributed by atoms with E-state index in [1.165, 1.54) is 6.42 Å². The lowest BCUT2D eigenvalue weighted by Gasteiger charge is -2.36. The van der Waals surface area contributed by atoms with Crippen LogP contribution in [0, 0.1) is 29.1 Å². The maximum absolute atomic E-state index is 12.1. The van der Waals surface area contributed by atoms with E-state index in [1.54, 1.807) is 0 Å². The SMILES string of the molecule is C=C[C@H]1CC[C@H](Cn2c(C(C)(O)C3CCOCC3)nc3nc(C(=N)NC(=O)O)nc(N[C@H](C)C4CCC4)c32)CC1. The van der Waals surface area contributed by atoms with Crippen LogP contribution in [0.15, 0.2) is 12.7 Å². The molecule has 2 aliphatic carbocycles. The van der Waals surface area contributed by atoms with E-state index in [2.05, 4.69) is 44.7 Å². The van der Waals surface area contributed by atoms with Crippen molar-refractivity contribution in [1.29, 1.82) is 5.41 Å². The van der Waals surface area contributed by atoms with Crippen LogP contribution in [0.4, 0.5) is 10.6 Å². The van der Waals surface area contributed by atoms with E-state index in [4.69, 9.17) is 15.1 Å². The number of nitrogens with zero attached hydrogens (tertiary/aromatic N) is 4. The molecule has 11 heteroatoms. The van der Waals surface area contributed by atoms with Gasteiger partial charge in [0.25, 0.3) is 0 Å². The summed E-state index contributed by atoms with van der Waals surface area (Å²) in [4.78, 5) is 25.4. The van der Waals surface area contributed by atoms with E-state index in [0.717, 1.165) is 51.4 Å². The molecule has 0 radical (unpaired) electrons. The number of nitrogens with one attached hydrogen (secondary N) is 3. The topological polar surface area (TPSA) is 158 Å². The molecule has 3 fully saturated rings. The van der Waals surface area contributed by atoms with Gasteiger partial charge in [0.05, 0.1) is 0 Å². The summed E-state index contributed by atoms with van der Waals surface area (Å²) in [6.07, 6.45) is 9.96. The van der Waals surface area contributed by atoms with Gasteiger partial charge < -0.3 is 24.8 Å². The lowest BCUT2D eigenvalue weighted by Crippen LogP contribution is -2.39. The van der Waals surface area contributed by atoms with Gasteiger partial charge in [-0.25, -0.2) is 19.7 Å². The minimum atomic E-state index is -1.35. The molecule has 2 saturated carbocycles. The molecule has 2 aromatic rings. The Labute approximate surface area is 235 Å². The van der Waals surface area contributed by atoms with E-state index >= 15 is 0 Å². The molecule has 0 spiro atoms. The van der Waals surface area contributed by atoms with Crippen molar-refractivity contribution in [2.75, 3.05) is 18.5 Å². The molecule has 1 unspecified atom stereocenters. The Morgan fingerprint density at radius 3 is 2.48 bits per heavy atom. The summed E-state index contributed by atoms with van der Waals surface area (Å²) in [5.41, 5.74) is -0.175. The summed E-state index contributed by atoms with van der Waals surface area (Å²) < 4.78 is 7.69. The van der Waals surface area contributed by atoms with Crippen molar-refractivity contribution in [1.82, 2.24) is 24.8 Å². The number of hydrogen-bond acceptors (Lipinski definition) is 8. The number of imidazole rings is 1. The highest BCUT2D eigenvalue weighted by atomic mass is 16.5. The van der Waals surface area contributed by atoms with Gasteiger partial charge in [-0.3, -0.25) is 10.7 Å². The first-order valence-corrected chi connectivity index (χ1v) is 14.7. The van der Waals surface area contributed by atoms with Crippen molar-refractivity contribution < 1.29 is 19.7 Å². The molecule has 5 N–H and O–H groups in total. The molecule has 0 aromatic carbocycles. The Morgan fingerprint density at radius 2 is 1.88 bits per heavy atom. The van der Waals surface area contributed by atoms with Crippen LogP contribution in [0.2, 0.25) is 0 Å². The fourth-order valence-electron chi connectivity index (χ4n) is 6.56. The Morgan fingerprint density at radius 1 is 1.18 bits per heavy atom. The van der Waals surface area contributed by atoms with E-state index in [1.807, 2.05) is 6.92 Å². The molecule has 1 amide bonds. The number of carboxylic acid groups (broad SMARTS) is 1. The van der Waals surface area contributed by atoms with Crippen LogP contribution in [0.1, 0.15) is 83.3 Å². The zero-order valence-corrected chi connectivity index (χ0v) is 23.7. The molecule has 2 atom stereocenters. The number of aromatic nitrogens is 4. The van der Waals surface area contributed by atoms with Gasteiger partial charge in [-0.1, -0.05) is 12.5 Å². The summed E-state index contributed by atoms with van der Waals surface area (Å²) in [6, 6.07) is 0.132. The second kappa shape index (κ2) is 11.8. The summed E-state index contributed by atoms with van der Waals surface area (Å²) >= 11 is 0. The van der Waals surface area contributed by atoms with Gasteiger partial charge in [-0.15, -0.1) is 6.58 Å². The summed E-state index contributed by atoms with van der Waals surface area (Å²) in [5, 5.41) is 35.2. The average Bonchev–Trinajstić information content (AvgIpc) is 3.27. The average molecular weight is 554 g/mol. The molecule has 3 aliphatic rings. The molecule has 3 heterocycles. The first-order chi connectivity index (χ1) is 19.2. The van der Waals surface area contributed by atoms with Crippen LogP contribution in [0.25, 0.3) is 11.2 Å². The van der Waals surface area contributed by atoms with Crippen LogP contribution in [0.3, 0.4) is 0 Å². The molecule has 1 saturated heterocycles. The largest absolute Gasteiger partial charge is 0.465 e. The number of amides is 1. The van der Waals surface area contributed by atoms with Gasteiger partial charge in [-0.2, -0.15) is 0 Å². The number of carbonyl (C=O) groups is 1. The minimum Gasteiger partial charge on any atom is -0.465 e. The van der Waals surface area contributed by atoms with Gasteiger partial charge in [0.15, 0.2) is 23.1 Å². The van der Waals surface area contributed by atoms with Crippen molar-refractivity contribution in [3.05, 3.63) is 24.3 Å². The van der Waals surface area contributed by atoms with E-state index in [9.17, 15) is 15.0 Å². The van der Waals surface area contributed by atoms with Gasteiger partial charge in [0, 0.05) is 25.8 Å². The van der Waals surface area contributed by atoms with Crippen LogP contribution in [-0.4, -0.2) is 60.9 Å². The summed E-state index contributed by atoms with van der Waals surface area (Å²) in [7, 11) is 0. The van der Waals surface area contributed by atoms with Gasteiger partial charge in [0.2, 0.25) is 0 Å². The Kier molecular flexibility index (Phi) is 8.42. The van der Waals surface area contributed by atoms with Crippen molar-refractivity contribution in [2.45, 2.75) is 89.8 Å². The fourth-order valence-corrected chi connectivity index (χ4v) is 6.56. The second-order valence-electron chi connectivity index (χ2n) is 12.1. The molecule has 40 heavy (non-hydrogen) atoms. The number of ether oxygens (including phenoxy) is 1. The molecule has 218 valence electrons. The van der Waals surface area contributed by atoms with Crippen molar-refractivity contribution >= 4 is 28.9 Å². The Bertz CT molecular complexity index is 1240. The third-order valence-electron chi connectivity index (χ3n) is 9.41. The fraction of sp³-hybridized carbons (Fsp3) is 0.690. The second-order valence-corrected chi connectivity index (χ2v) is 12.1. The maximum Gasteiger partial charge on any atom is 0.410 e. The number of aliphatic hydroxyl groups is 1. The number of allylic oxidation sites excluding steroid dienone is 1. The highest BCUT2D eigenvalue weighted by Gasteiger charge is 2.41. The third-order valence-corrected chi connectivity index (χ3v) is 9.41. The lowest BCUT2D eigenvalue weighted by atomic mass is 9.80. The summed E-state index contributed by atoms with van der Waals surface area (Å²) in [6.45, 7) is 9.83. The number of amidine groups is 1. The molecular weight excluding hydrogens is 510 g/mol. The molecule has 1 aliphatic heterocycles. The first-order valence-electron chi connectivity index (χ1n) is 14.7. The van der Waals surface area contributed by atoms with Gasteiger partial charge >= 0.3 is 6.09 Å². The zero-order chi connectivity index (χ0) is 28.4. The summed E-state index contributed by atoms with van der Waals surface area (Å²) in [5.74, 6) is 2.04. The monoisotopic (exact) mass is 553 g/mol. The highest BCUT2D eigenvalue weighted by molar-refractivity contribution is 6.03.